The maximum Gasteiger partial charge on any atom is 0.219 e. The van der Waals surface area contributed by atoms with Gasteiger partial charge < -0.3 is 9.64 Å². The lowest BCUT2D eigenvalue weighted by Crippen LogP contribution is -2.35. The summed E-state index contributed by atoms with van der Waals surface area (Å²) < 4.78 is 5.30. The third-order valence-corrected chi connectivity index (χ3v) is 4.62. The number of fused-ring (bicyclic) bond motifs is 1. The molecule has 1 aliphatic rings. The minimum atomic E-state index is -0.0957. The van der Waals surface area contributed by atoms with Crippen LogP contribution in [-0.2, 0) is 10.2 Å². The molecule has 0 N–H and O–H groups in total. The molecule has 21 heavy (non-hydrogen) atoms. The molecule has 1 unspecified atom stereocenters. The van der Waals surface area contributed by atoms with Crippen LogP contribution in [-0.4, -0.2) is 37.3 Å². The Labute approximate surface area is 126 Å². The molecular weight excluding hydrogens is 266 g/mol. The number of ketones is 1. The van der Waals surface area contributed by atoms with Crippen molar-refractivity contribution in [2.75, 3.05) is 20.7 Å². The second-order valence-corrected chi connectivity index (χ2v) is 6.09. The van der Waals surface area contributed by atoms with E-state index in [0.29, 0.717) is 13.0 Å². The molecule has 0 saturated carbocycles. The standard InChI is InChI=1S/C17H23NO3/c1-12(19)18(3)10-9-17(2)8-7-16(20)14-6-5-13(21-4)11-15(14)17/h5-6,11H,7-10H2,1-4H3. The fourth-order valence-corrected chi connectivity index (χ4v) is 2.88. The summed E-state index contributed by atoms with van der Waals surface area (Å²) in [7, 11) is 3.44. The van der Waals surface area contributed by atoms with Gasteiger partial charge in [-0.3, -0.25) is 9.59 Å². The molecule has 4 nitrogen and oxygen atoms in total. The predicted octanol–water partition coefficient (Wildman–Crippen LogP) is 2.80. The highest BCUT2D eigenvalue weighted by molar-refractivity contribution is 5.99. The van der Waals surface area contributed by atoms with Crippen LogP contribution in [0.1, 0.15) is 49.0 Å². The maximum absolute atomic E-state index is 12.1. The zero-order valence-corrected chi connectivity index (χ0v) is 13.2. The first kappa shape index (κ1) is 15.5. The van der Waals surface area contributed by atoms with Crippen molar-refractivity contribution in [3.63, 3.8) is 0 Å². The molecule has 0 aliphatic heterocycles. The molecule has 1 amide bonds. The van der Waals surface area contributed by atoms with Crippen molar-refractivity contribution in [2.24, 2.45) is 0 Å². The molecular formula is C17H23NO3. The predicted molar refractivity (Wildman–Crippen MR) is 81.8 cm³/mol. The van der Waals surface area contributed by atoms with Crippen molar-refractivity contribution in [3.05, 3.63) is 29.3 Å². The van der Waals surface area contributed by atoms with E-state index < -0.39 is 0 Å². The van der Waals surface area contributed by atoms with Crippen molar-refractivity contribution >= 4 is 11.7 Å². The van der Waals surface area contributed by atoms with E-state index >= 15 is 0 Å². The molecule has 0 bridgehead atoms. The number of amides is 1. The third-order valence-electron chi connectivity index (χ3n) is 4.62. The lowest BCUT2D eigenvalue weighted by Gasteiger charge is -2.36. The van der Waals surface area contributed by atoms with E-state index in [1.165, 1.54) is 0 Å². The fourth-order valence-electron chi connectivity index (χ4n) is 2.88. The molecule has 1 aromatic rings. The number of carbonyl (C=O) groups is 2. The van der Waals surface area contributed by atoms with Crippen molar-refractivity contribution in [2.45, 2.75) is 38.5 Å². The van der Waals surface area contributed by atoms with Crippen LogP contribution in [0.2, 0.25) is 0 Å². The first-order valence-corrected chi connectivity index (χ1v) is 7.31. The van der Waals surface area contributed by atoms with Gasteiger partial charge in [0.05, 0.1) is 7.11 Å². The number of Topliss-reactive ketones (excluding diaryl/α,β-unsaturated/α-hetero) is 1. The number of benzene rings is 1. The highest BCUT2D eigenvalue weighted by Gasteiger charge is 2.35. The van der Waals surface area contributed by atoms with E-state index in [1.54, 1.807) is 18.9 Å². The number of ether oxygens (including phenoxy) is 1. The lowest BCUT2D eigenvalue weighted by molar-refractivity contribution is -0.127. The topological polar surface area (TPSA) is 46.6 Å². The van der Waals surface area contributed by atoms with Gasteiger partial charge in [-0.1, -0.05) is 6.92 Å². The minimum Gasteiger partial charge on any atom is -0.497 e. The van der Waals surface area contributed by atoms with Crippen molar-refractivity contribution < 1.29 is 14.3 Å². The zero-order chi connectivity index (χ0) is 15.6. The molecule has 114 valence electrons. The van der Waals surface area contributed by atoms with Crippen LogP contribution < -0.4 is 4.74 Å². The summed E-state index contributed by atoms with van der Waals surface area (Å²) in [6.45, 7) is 4.44. The molecule has 0 heterocycles. The van der Waals surface area contributed by atoms with E-state index in [1.807, 2.05) is 25.2 Å². The van der Waals surface area contributed by atoms with Gasteiger partial charge in [-0.2, -0.15) is 0 Å². The lowest BCUT2D eigenvalue weighted by atomic mass is 9.69. The monoisotopic (exact) mass is 289 g/mol. The second kappa shape index (κ2) is 5.88. The quantitative estimate of drug-likeness (QED) is 0.856. The van der Waals surface area contributed by atoms with Crippen molar-refractivity contribution in [3.8, 4) is 5.75 Å². The smallest absolute Gasteiger partial charge is 0.219 e. The summed E-state index contributed by atoms with van der Waals surface area (Å²) in [5, 5.41) is 0. The molecule has 0 radical (unpaired) electrons. The molecule has 4 heteroatoms. The normalized spacial score (nSPS) is 20.9. The number of carbonyl (C=O) groups excluding carboxylic acids is 2. The van der Waals surface area contributed by atoms with Gasteiger partial charge in [-0.05, 0) is 42.0 Å². The van der Waals surface area contributed by atoms with Gasteiger partial charge in [0.15, 0.2) is 5.78 Å². The molecule has 0 aromatic heterocycles. The van der Waals surface area contributed by atoms with E-state index in [0.717, 1.165) is 29.7 Å². The number of nitrogens with zero attached hydrogens (tertiary/aromatic N) is 1. The summed E-state index contributed by atoms with van der Waals surface area (Å²) >= 11 is 0. The second-order valence-electron chi connectivity index (χ2n) is 6.09. The molecule has 1 atom stereocenters. The van der Waals surface area contributed by atoms with Gasteiger partial charge in [0.25, 0.3) is 0 Å². The first-order chi connectivity index (χ1) is 9.87. The number of rotatable bonds is 4. The molecule has 0 saturated heterocycles. The van der Waals surface area contributed by atoms with Gasteiger partial charge in [0.2, 0.25) is 5.91 Å². The van der Waals surface area contributed by atoms with Crippen LogP contribution in [0.5, 0.6) is 5.75 Å². The SMILES string of the molecule is COc1ccc2c(c1)C(C)(CCN(C)C(C)=O)CCC2=O. The van der Waals surface area contributed by atoms with E-state index in [2.05, 4.69) is 6.92 Å². The Kier molecular flexibility index (Phi) is 4.35. The molecule has 0 fully saturated rings. The highest BCUT2D eigenvalue weighted by atomic mass is 16.5. The Morgan fingerprint density at radius 2 is 2.14 bits per heavy atom. The van der Waals surface area contributed by atoms with Crippen molar-refractivity contribution in [1.29, 1.82) is 0 Å². The van der Waals surface area contributed by atoms with Gasteiger partial charge in [0, 0.05) is 32.5 Å². The van der Waals surface area contributed by atoms with Crippen LogP contribution >= 0.6 is 0 Å². The average molecular weight is 289 g/mol. The van der Waals surface area contributed by atoms with E-state index in [-0.39, 0.29) is 17.1 Å². The van der Waals surface area contributed by atoms with Gasteiger partial charge >= 0.3 is 0 Å². The summed E-state index contributed by atoms with van der Waals surface area (Å²) in [5.74, 6) is 1.04. The molecule has 2 rings (SSSR count). The van der Waals surface area contributed by atoms with Crippen LogP contribution in [0.4, 0.5) is 0 Å². The Bertz CT molecular complexity index is 567. The molecule has 0 spiro atoms. The first-order valence-electron chi connectivity index (χ1n) is 7.31. The van der Waals surface area contributed by atoms with Crippen LogP contribution in [0, 0.1) is 0 Å². The number of methoxy groups -OCH3 is 1. The summed E-state index contributed by atoms with van der Waals surface area (Å²) in [4.78, 5) is 25.2. The Hall–Kier alpha value is -1.84. The number of hydrogen-bond donors (Lipinski definition) is 0. The molecule has 1 aliphatic carbocycles. The minimum absolute atomic E-state index is 0.0661. The third kappa shape index (κ3) is 3.09. The van der Waals surface area contributed by atoms with Gasteiger partial charge in [-0.25, -0.2) is 0 Å². The Balaban J connectivity index is 2.31. The fraction of sp³-hybridized carbons (Fsp3) is 0.529. The largest absolute Gasteiger partial charge is 0.497 e. The van der Waals surface area contributed by atoms with Gasteiger partial charge in [-0.15, -0.1) is 0 Å². The Morgan fingerprint density at radius 1 is 1.43 bits per heavy atom. The van der Waals surface area contributed by atoms with Gasteiger partial charge in [0.1, 0.15) is 5.75 Å². The summed E-state index contributed by atoms with van der Waals surface area (Å²) in [6, 6.07) is 5.67. The Morgan fingerprint density at radius 3 is 2.76 bits per heavy atom. The van der Waals surface area contributed by atoms with Crippen molar-refractivity contribution in [1.82, 2.24) is 4.90 Å². The van der Waals surface area contributed by atoms with E-state index in [9.17, 15) is 9.59 Å². The highest BCUT2D eigenvalue weighted by Crippen LogP contribution is 2.41. The summed E-state index contributed by atoms with van der Waals surface area (Å²) in [5.41, 5.74) is 1.76. The average Bonchev–Trinajstić information content (AvgIpc) is 2.48. The van der Waals surface area contributed by atoms with Crippen LogP contribution in [0.3, 0.4) is 0 Å². The summed E-state index contributed by atoms with van der Waals surface area (Å²) in [6.07, 6.45) is 2.23. The van der Waals surface area contributed by atoms with Crippen LogP contribution in [0.15, 0.2) is 18.2 Å². The maximum atomic E-state index is 12.1. The zero-order valence-electron chi connectivity index (χ0n) is 13.2. The van der Waals surface area contributed by atoms with E-state index in [4.69, 9.17) is 4.74 Å². The number of hydrogen-bond acceptors (Lipinski definition) is 3. The van der Waals surface area contributed by atoms with Crippen LogP contribution in [0.25, 0.3) is 0 Å². The molecule has 1 aromatic carbocycles.